The minimum atomic E-state index is -0.496. The van der Waals surface area contributed by atoms with Crippen LogP contribution in [0.1, 0.15) is 39.9 Å². The molecule has 3 N–H and O–H groups in total. The van der Waals surface area contributed by atoms with Crippen LogP contribution >= 0.6 is 0 Å². The molecule has 0 aromatic heterocycles. The van der Waals surface area contributed by atoms with Crippen molar-refractivity contribution in [2.24, 2.45) is 5.10 Å². The number of hydrogen-bond donors (Lipinski definition) is 3. The lowest BCUT2D eigenvalue weighted by atomic mass is 9.89. The first-order chi connectivity index (χ1) is 12.6. The molecule has 0 saturated heterocycles. The molecule has 0 unspecified atom stereocenters. The second-order valence-corrected chi connectivity index (χ2v) is 6.71. The number of aromatic hydroxyl groups is 2. The molecule has 2 aromatic carbocycles. The van der Waals surface area contributed by atoms with E-state index in [1.165, 1.54) is 29.6 Å². The van der Waals surface area contributed by atoms with Crippen LogP contribution in [0.4, 0.5) is 5.69 Å². The molecule has 0 radical (unpaired) electrons. The van der Waals surface area contributed by atoms with Crippen LogP contribution < -0.4 is 10.3 Å². The summed E-state index contributed by atoms with van der Waals surface area (Å²) < 4.78 is 0. The van der Waals surface area contributed by atoms with Crippen molar-refractivity contribution in [1.29, 1.82) is 0 Å². The zero-order chi connectivity index (χ0) is 18.1. The normalized spacial score (nSPS) is 15.8. The molecular weight excluding hydrogens is 330 g/mol. The summed E-state index contributed by atoms with van der Waals surface area (Å²) in [4.78, 5) is 14.5. The van der Waals surface area contributed by atoms with E-state index in [0.717, 1.165) is 44.3 Å². The number of carbonyl (C=O) groups excluding carboxylic acids is 1. The molecule has 0 bridgehead atoms. The Balaban J connectivity index is 1.58. The fourth-order valence-corrected chi connectivity index (χ4v) is 3.85. The van der Waals surface area contributed by atoms with Crippen molar-refractivity contribution in [1.82, 2.24) is 5.43 Å². The van der Waals surface area contributed by atoms with Gasteiger partial charge in [-0.25, -0.2) is 5.43 Å². The van der Waals surface area contributed by atoms with E-state index in [2.05, 4.69) is 15.4 Å². The van der Waals surface area contributed by atoms with Gasteiger partial charge >= 0.3 is 0 Å². The van der Waals surface area contributed by atoms with Crippen molar-refractivity contribution in [3.05, 3.63) is 52.6 Å². The van der Waals surface area contributed by atoms with E-state index < -0.39 is 5.91 Å². The van der Waals surface area contributed by atoms with Gasteiger partial charge in [0.25, 0.3) is 5.91 Å². The zero-order valence-corrected chi connectivity index (χ0v) is 14.4. The van der Waals surface area contributed by atoms with Crippen LogP contribution in [0, 0.1) is 0 Å². The molecule has 6 heteroatoms. The Morgan fingerprint density at radius 1 is 1.15 bits per heavy atom. The van der Waals surface area contributed by atoms with Crippen molar-refractivity contribution < 1.29 is 15.0 Å². The molecule has 0 fully saturated rings. The summed E-state index contributed by atoms with van der Waals surface area (Å²) in [5.74, 6) is -0.346. The molecule has 2 aliphatic heterocycles. The van der Waals surface area contributed by atoms with Gasteiger partial charge < -0.3 is 15.1 Å². The highest BCUT2D eigenvalue weighted by molar-refractivity contribution is 5.97. The molecule has 6 nitrogen and oxygen atoms in total. The van der Waals surface area contributed by atoms with Gasteiger partial charge in [0.1, 0.15) is 11.5 Å². The lowest BCUT2D eigenvalue weighted by molar-refractivity contribution is 0.0952. The van der Waals surface area contributed by atoms with E-state index in [9.17, 15) is 15.0 Å². The van der Waals surface area contributed by atoms with Crippen LogP contribution in [0.5, 0.6) is 11.5 Å². The standard InChI is InChI=1S/C20H21N3O3/c24-17-8-2-1-6-15(17)20(26)22-21-12-14-11-13-5-3-9-23-10-4-7-16(18(13)23)19(14)25/h1-2,6,8,11-12,24-25H,3-5,7,9-10H2,(H,22,26)/b21-12-. The maximum Gasteiger partial charge on any atom is 0.275 e. The van der Waals surface area contributed by atoms with E-state index in [4.69, 9.17) is 0 Å². The molecule has 134 valence electrons. The third-order valence-electron chi connectivity index (χ3n) is 5.04. The topological polar surface area (TPSA) is 85.2 Å². The summed E-state index contributed by atoms with van der Waals surface area (Å²) in [6.45, 7) is 2.09. The van der Waals surface area contributed by atoms with Crippen molar-refractivity contribution in [2.45, 2.75) is 25.7 Å². The quantitative estimate of drug-likeness (QED) is 0.586. The monoisotopic (exact) mass is 351 g/mol. The second kappa shape index (κ2) is 6.71. The summed E-state index contributed by atoms with van der Waals surface area (Å²) >= 11 is 0. The first kappa shape index (κ1) is 16.4. The maximum atomic E-state index is 12.1. The SMILES string of the molecule is O=C(N/N=C\c1cc2c3c(c1O)CCCN3CCC2)c1ccccc1O. The van der Waals surface area contributed by atoms with E-state index >= 15 is 0 Å². The van der Waals surface area contributed by atoms with Crippen LogP contribution in [0.25, 0.3) is 0 Å². The number of carbonyl (C=O) groups is 1. The summed E-state index contributed by atoms with van der Waals surface area (Å²) in [5.41, 5.74) is 6.59. The van der Waals surface area contributed by atoms with Crippen molar-refractivity contribution in [3.63, 3.8) is 0 Å². The molecule has 0 aliphatic carbocycles. The number of rotatable bonds is 3. The third-order valence-corrected chi connectivity index (χ3v) is 5.04. The summed E-state index contributed by atoms with van der Waals surface area (Å²) in [6.07, 6.45) is 5.46. The van der Waals surface area contributed by atoms with E-state index in [0.29, 0.717) is 5.56 Å². The number of amides is 1. The van der Waals surface area contributed by atoms with E-state index in [1.54, 1.807) is 12.1 Å². The number of nitrogens with zero attached hydrogens (tertiary/aromatic N) is 2. The van der Waals surface area contributed by atoms with Crippen LogP contribution in [0.2, 0.25) is 0 Å². The fourth-order valence-electron chi connectivity index (χ4n) is 3.85. The number of phenols is 2. The number of phenolic OH excluding ortho intramolecular Hbond substituents is 2. The van der Waals surface area contributed by atoms with Gasteiger partial charge in [0.15, 0.2) is 0 Å². The van der Waals surface area contributed by atoms with E-state index in [-0.39, 0.29) is 17.1 Å². The van der Waals surface area contributed by atoms with Crippen molar-refractivity contribution >= 4 is 17.8 Å². The highest BCUT2D eigenvalue weighted by Gasteiger charge is 2.27. The summed E-state index contributed by atoms with van der Waals surface area (Å²) in [5, 5.41) is 24.3. The average molecular weight is 351 g/mol. The number of benzene rings is 2. The van der Waals surface area contributed by atoms with Crippen LogP contribution in [0.3, 0.4) is 0 Å². The fraction of sp³-hybridized carbons (Fsp3) is 0.300. The largest absolute Gasteiger partial charge is 0.507 e. The Bertz CT molecular complexity index is 890. The number of hydrazone groups is 1. The van der Waals surface area contributed by atoms with Crippen molar-refractivity contribution in [3.8, 4) is 11.5 Å². The molecule has 2 heterocycles. The molecule has 2 aromatic rings. The van der Waals surface area contributed by atoms with Gasteiger partial charge in [-0.2, -0.15) is 5.10 Å². The van der Waals surface area contributed by atoms with Gasteiger partial charge in [-0.1, -0.05) is 12.1 Å². The molecular formula is C20H21N3O3. The Kier molecular flexibility index (Phi) is 4.24. The number of para-hydroxylation sites is 1. The van der Waals surface area contributed by atoms with Crippen molar-refractivity contribution in [2.75, 3.05) is 18.0 Å². The number of aryl methyl sites for hydroxylation is 1. The van der Waals surface area contributed by atoms with Gasteiger partial charge in [0.05, 0.1) is 11.8 Å². The highest BCUT2D eigenvalue weighted by atomic mass is 16.3. The number of nitrogens with one attached hydrogen (secondary N) is 1. The third kappa shape index (κ3) is 2.87. The first-order valence-corrected chi connectivity index (χ1v) is 8.89. The Morgan fingerprint density at radius 3 is 2.73 bits per heavy atom. The molecule has 26 heavy (non-hydrogen) atoms. The molecule has 2 aliphatic rings. The Labute approximate surface area is 151 Å². The van der Waals surface area contributed by atoms with Gasteiger partial charge in [0.2, 0.25) is 0 Å². The molecule has 0 saturated carbocycles. The van der Waals surface area contributed by atoms with Gasteiger partial charge in [-0.15, -0.1) is 0 Å². The first-order valence-electron chi connectivity index (χ1n) is 8.89. The average Bonchev–Trinajstić information content (AvgIpc) is 2.66. The van der Waals surface area contributed by atoms with Crippen LogP contribution in [-0.4, -0.2) is 35.4 Å². The molecule has 0 atom stereocenters. The van der Waals surface area contributed by atoms with Gasteiger partial charge in [0, 0.05) is 29.9 Å². The second-order valence-electron chi connectivity index (χ2n) is 6.71. The molecule has 4 rings (SSSR count). The predicted molar refractivity (Wildman–Crippen MR) is 100 cm³/mol. The minimum absolute atomic E-state index is 0.0960. The Morgan fingerprint density at radius 2 is 1.92 bits per heavy atom. The zero-order valence-electron chi connectivity index (χ0n) is 14.4. The minimum Gasteiger partial charge on any atom is -0.507 e. The van der Waals surface area contributed by atoms with Gasteiger partial charge in [-0.3, -0.25) is 4.79 Å². The number of anilines is 1. The maximum absolute atomic E-state index is 12.1. The van der Waals surface area contributed by atoms with E-state index in [1.807, 2.05) is 6.07 Å². The number of hydrogen-bond acceptors (Lipinski definition) is 5. The Hall–Kier alpha value is -3.02. The molecule has 1 amide bonds. The highest BCUT2D eigenvalue weighted by Crippen LogP contribution is 2.41. The smallest absolute Gasteiger partial charge is 0.275 e. The van der Waals surface area contributed by atoms with Crippen LogP contribution in [0.15, 0.2) is 35.4 Å². The summed E-state index contributed by atoms with van der Waals surface area (Å²) in [7, 11) is 0. The lowest BCUT2D eigenvalue weighted by Crippen LogP contribution is -2.34. The van der Waals surface area contributed by atoms with Crippen LogP contribution in [-0.2, 0) is 12.8 Å². The lowest BCUT2D eigenvalue weighted by Gasteiger charge is -2.37. The summed E-state index contributed by atoms with van der Waals surface area (Å²) in [6, 6.07) is 8.25. The molecule has 0 spiro atoms. The predicted octanol–water partition coefficient (Wildman–Crippen LogP) is 2.56. The van der Waals surface area contributed by atoms with Gasteiger partial charge in [-0.05, 0) is 49.4 Å².